The van der Waals surface area contributed by atoms with Crippen molar-refractivity contribution in [3.05, 3.63) is 69.8 Å². The smallest absolute Gasteiger partial charge is 0.407 e. The minimum atomic E-state index is -0.960. The molecule has 0 saturated carbocycles. The molecule has 0 bridgehead atoms. The van der Waals surface area contributed by atoms with Gasteiger partial charge in [-0.3, -0.25) is 10.1 Å². The summed E-state index contributed by atoms with van der Waals surface area (Å²) in [6.07, 6.45) is -0.225. The predicted octanol–water partition coefficient (Wildman–Crippen LogP) is 3.78. The Morgan fingerprint density at radius 1 is 1.11 bits per heavy atom. The van der Waals surface area contributed by atoms with Gasteiger partial charge < -0.3 is 19.6 Å². The maximum absolute atomic E-state index is 10.9. The number of hydrogen-bond donors (Lipinski definition) is 1. The van der Waals surface area contributed by atoms with E-state index in [1.807, 2.05) is 38.4 Å². The molecule has 0 aliphatic rings. The van der Waals surface area contributed by atoms with E-state index >= 15 is 0 Å². The van der Waals surface area contributed by atoms with Crippen molar-refractivity contribution in [1.82, 2.24) is 9.80 Å². The Bertz CT molecular complexity index is 790. The standard InChI is InChI=1S/C20H25N3O5/c1-21(2)19(12-13-28-18-10-8-17(9-11-18)23(26)27)16-6-4-15(5-7-16)14-22(3)20(24)25/h4-11,19H,12-14H2,1-3H3,(H,24,25). The van der Waals surface area contributed by atoms with Crippen LogP contribution in [0.25, 0.3) is 0 Å². The number of benzene rings is 2. The highest BCUT2D eigenvalue weighted by Gasteiger charge is 2.15. The van der Waals surface area contributed by atoms with Gasteiger partial charge in [0.1, 0.15) is 5.75 Å². The average molecular weight is 387 g/mol. The Balaban J connectivity index is 1.95. The fourth-order valence-electron chi connectivity index (χ4n) is 2.86. The van der Waals surface area contributed by atoms with Crippen molar-refractivity contribution < 1.29 is 19.6 Å². The number of nitro benzene ring substituents is 1. The van der Waals surface area contributed by atoms with Crippen LogP contribution in [0.3, 0.4) is 0 Å². The van der Waals surface area contributed by atoms with E-state index in [4.69, 9.17) is 9.84 Å². The lowest BCUT2D eigenvalue weighted by atomic mass is 10.0. The van der Waals surface area contributed by atoms with Gasteiger partial charge in [-0.1, -0.05) is 24.3 Å². The summed E-state index contributed by atoms with van der Waals surface area (Å²) < 4.78 is 5.72. The van der Waals surface area contributed by atoms with E-state index < -0.39 is 11.0 Å². The lowest BCUT2D eigenvalue weighted by Gasteiger charge is -2.25. The molecule has 150 valence electrons. The molecule has 0 aliphatic carbocycles. The highest BCUT2D eigenvalue weighted by Crippen LogP contribution is 2.24. The van der Waals surface area contributed by atoms with E-state index in [0.717, 1.165) is 17.5 Å². The summed E-state index contributed by atoms with van der Waals surface area (Å²) in [6.45, 7) is 0.801. The van der Waals surface area contributed by atoms with E-state index in [1.54, 1.807) is 12.1 Å². The Hall–Kier alpha value is -3.13. The van der Waals surface area contributed by atoms with Crippen molar-refractivity contribution in [2.24, 2.45) is 0 Å². The second-order valence-corrected chi connectivity index (χ2v) is 6.75. The number of ether oxygens (including phenoxy) is 1. The minimum Gasteiger partial charge on any atom is -0.494 e. The zero-order chi connectivity index (χ0) is 20.7. The van der Waals surface area contributed by atoms with E-state index in [9.17, 15) is 14.9 Å². The van der Waals surface area contributed by atoms with Gasteiger partial charge in [-0.2, -0.15) is 0 Å². The van der Waals surface area contributed by atoms with Crippen LogP contribution in [0.5, 0.6) is 5.75 Å². The number of amides is 1. The molecule has 0 spiro atoms. The third-order valence-electron chi connectivity index (χ3n) is 4.44. The first-order chi connectivity index (χ1) is 13.3. The molecule has 2 aromatic carbocycles. The lowest BCUT2D eigenvalue weighted by Crippen LogP contribution is -2.24. The van der Waals surface area contributed by atoms with Gasteiger partial charge >= 0.3 is 6.09 Å². The first-order valence-corrected chi connectivity index (χ1v) is 8.84. The molecule has 0 saturated heterocycles. The summed E-state index contributed by atoms with van der Waals surface area (Å²) in [6, 6.07) is 14.0. The lowest BCUT2D eigenvalue weighted by molar-refractivity contribution is -0.384. The van der Waals surface area contributed by atoms with Crippen LogP contribution in [0, 0.1) is 10.1 Å². The van der Waals surface area contributed by atoms with Gasteiger partial charge in [0, 0.05) is 38.2 Å². The molecular weight excluding hydrogens is 362 g/mol. The topological polar surface area (TPSA) is 96.2 Å². The number of carbonyl (C=O) groups is 1. The van der Waals surface area contributed by atoms with E-state index in [0.29, 0.717) is 18.9 Å². The Labute approximate surface area is 164 Å². The van der Waals surface area contributed by atoms with E-state index in [1.165, 1.54) is 24.1 Å². The number of carboxylic acid groups (broad SMARTS) is 1. The molecule has 8 nitrogen and oxygen atoms in total. The molecule has 0 heterocycles. The molecule has 1 unspecified atom stereocenters. The van der Waals surface area contributed by atoms with Gasteiger partial charge in [0.15, 0.2) is 0 Å². The zero-order valence-electron chi connectivity index (χ0n) is 16.2. The van der Waals surface area contributed by atoms with Gasteiger partial charge in [0.2, 0.25) is 0 Å². The van der Waals surface area contributed by atoms with Gasteiger partial charge in [-0.05, 0) is 37.4 Å². The Morgan fingerprint density at radius 2 is 1.71 bits per heavy atom. The van der Waals surface area contributed by atoms with E-state index in [-0.39, 0.29) is 11.7 Å². The first kappa shape index (κ1) is 21.2. The molecule has 0 aliphatic heterocycles. The van der Waals surface area contributed by atoms with Crippen LogP contribution in [0.2, 0.25) is 0 Å². The molecule has 0 radical (unpaired) electrons. The summed E-state index contributed by atoms with van der Waals surface area (Å²) in [5, 5.41) is 19.7. The molecule has 2 aromatic rings. The highest BCUT2D eigenvalue weighted by atomic mass is 16.6. The number of nitro groups is 1. The van der Waals surface area contributed by atoms with Gasteiger partial charge in [0.05, 0.1) is 11.5 Å². The summed E-state index contributed by atoms with van der Waals surface area (Å²) in [4.78, 5) is 24.5. The first-order valence-electron chi connectivity index (χ1n) is 8.84. The van der Waals surface area contributed by atoms with Crippen molar-refractivity contribution in [1.29, 1.82) is 0 Å². The van der Waals surface area contributed by atoms with Crippen LogP contribution in [-0.4, -0.2) is 53.7 Å². The molecule has 0 fully saturated rings. The maximum Gasteiger partial charge on any atom is 0.407 e. The quantitative estimate of drug-likeness (QED) is 0.520. The van der Waals surface area contributed by atoms with Gasteiger partial charge in [0.25, 0.3) is 5.69 Å². The molecule has 0 aromatic heterocycles. The van der Waals surface area contributed by atoms with E-state index in [2.05, 4.69) is 4.90 Å². The average Bonchev–Trinajstić information content (AvgIpc) is 2.66. The Morgan fingerprint density at radius 3 is 2.21 bits per heavy atom. The summed E-state index contributed by atoms with van der Waals surface area (Å²) in [5.41, 5.74) is 2.07. The largest absolute Gasteiger partial charge is 0.494 e. The van der Waals surface area contributed by atoms with Crippen LogP contribution < -0.4 is 4.74 Å². The van der Waals surface area contributed by atoms with Gasteiger partial charge in [-0.25, -0.2) is 4.79 Å². The normalized spacial score (nSPS) is 11.9. The van der Waals surface area contributed by atoms with Crippen molar-refractivity contribution in [2.45, 2.75) is 19.0 Å². The Kier molecular flexibility index (Phi) is 7.34. The predicted molar refractivity (Wildman–Crippen MR) is 106 cm³/mol. The summed E-state index contributed by atoms with van der Waals surface area (Å²) in [7, 11) is 5.51. The molecule has 1 N–H and O–H groups in total. The second kappa shape index (κ2) is 9.70. The van der Waals surface area contributed by atoms with Crippen LogP contribution >= 0.6 is 0 Å². The van der Waals surface area contributed by atoms with Crippen molar-refractivity contribution >= 4 is 11.8 Å². The molecule has 28 heavy (non-hydrogen) atoms. The molecule has 8 heteroatoms. The monoisotopic (exact) mass is 387 g/mol. The fraction of sp³-hybridized carbons (Fsp3) is 0.350. The zero-order valence-corrected chi connectivity index (χ0v) is 16.2. The molecule has 2 rings (SSSR count). The molecule has 1 amide bonds. The van der Waals surface area contributed by atoms with Crippen LogP contribution in [0.4, 0.5) is 10.5 Å². The number of hydrogen-bond acceptors (Lipinski definition) is 5. The highest BCUT2D eigenvalue weighted by molar-refractivity contribution is 5.64. The van der Waals surface area contributed by atoms with Crippen molar-refractivity contribution in [3.63, 3.8) is 0 Å². The molecule has 1 atom stereocenters. The van der Waals surface area contributed by atoms with Gasteiger partial charge in [-0.15, -0.1) is 0 Å². The third-order valence-corrected chi connectivity index (χ3v) is 4.44. The SMILES string of the molecule is CN(Cc1ccc(C(CCOc2ccc([N+](=O)[O-])cc2)N(C)C)cc1)C(=O)O. The van der Waals surface area contributed by atoms with Crippen LogP contribution in [0.15, 0.2) is 48.5 Å². The number of rotatable bonds is 9. The second-order valence-electron chi connectivity index (χ2n) is 6.75. The van der Waals surface area contributed by atoms with Crippen LogP contribution in [0.1, 0.15) is 23.6 Å². The minimum absolute atomic E-state index is 0.0344. The van der Waals surface area contributed by atoms with Crippen molar-refractivity contribution in [2.75, 3.05) is 27.7 Å². The van der Waals surface area contributed by atoms with Crippen LogP contribution in [-0.2, 0) is 6.54 Å². The number of nitrogens with zero attached hydrogens (tertiary/aromatic N) is 3. The third kappa shape index (κ3) is 5.95. The molecular formula is C20H25N3O5. The fourth-order valence-corrected chi connectivity index (χ4v) is 2.86. The number of non-ortho nitro benzene ring substituents is 1. The van der Waals surface area contributed by atoms with Crippen molar-refractivity contribution in [3.8, 4) is 5.75 Å². The maximum atomic E-state index is 10.9. The summed E-state index contributed by atoms with van der Waals surface area (Å²) in [5.74, 6) is 0.593. The summed E-state index contributed by atoms with van der Waals surface area (Å²) >= 11 is 0.